The molecule has 0 aromatic heterocycles. The second-order valence-electron chi connectivity index (χ2n) is 3.21. The Morgan fingerprint density at radius 3 is 2.79 bits per heavy atom. The van der Waals surface area contributed by atoms with E-state index < -0.39 is 11.9 Å². The van der Waals surface area contributed by atoms with Crippen molar-refractivity contribution in [1.82, 2.24) is 0 Å². The Hall–Kier alpha value is -0.860. The molecule has 1 N–H and O–H groups in total. The van der Waals surface area contributed by atoms with Crippen LogP contribution in [-0.2, 0) is 0 Å². The third-order valence-electron chi connectivity index (χ3n) is 2.02. The molecule has 1 nitrogen and oxygen atoms in total. The van der Waals surface area contributed by atoms with Gasteiger partial charge in [-0.2, -0.15) is 0 Å². The zero-order valence-electron chi connectivity index (χ0n) is 8.09. The molecule has 1 aromatic carbocycles. The maximum Gasteiger partial charge on any atom is 0.148 e. The molecule has 1 rings (SSSR count). The van der Waals surface area contributed by atoms with Crippen molar-refractivity contribution in [3.05, 3.63) is 40.2 Å². The number of aliphatic hydroxyl groups excluding tert-OH is 1. The minimum Gasteiger partial charge on any atom is -0.389 e. The van der Waals surface area contributed by atoms with E-state index in [0.29, 0.717) is 11.1 Å². The molecule has 0 aliphatic rings. The first-order chi connectivity index (χ1) is 6.52. The molecule has 0 saturated heterocycles. The Balaban J connectivity index is 3.09. The molecule has 0 aliphatic heterocycles. The first kappa shape index (κ1) is 11.2. The Morgan fingerprint density at radius 2 is 2.21 bits per heavy atom. The molecule has 0 saturated carbocycles. The van der Waals surface area contributed by atoms with E-state index >= 15 is 0 Å². The minimum absolute atomic E-state index is 0.0946. The fourth-order valence-corrected chi connectivity index (χ4v) is 1.18. The highest BCUT2D eigenvalue weighted by atomic mass is 35.5. The standard InChI is InChI=1S/C11H12ClFO/c1-7(8(2)14)6-9-4-3-5-10(12)11(9)13/h3-6,8,14H,1-2H3/b7-6+. The van der Waals surface area contributed by atoms with Crippen molar-refractivity contribution in [2.24, 2.45) is 0 Å². The molecule has 0 spiro atoms. The van der Waals surface area contributed by atoms with Crippen LogP contribution in [0.1, 0.15) is 19.4 Å². The molecule has 0 heterocycles. The summed E-state index contributed by atoms with van der Waals surface area (Å²) < 4.78 is 13.4. The molecule has 0 radical (unpaired) electrons. The van der Waals surface area contributed by atoms with E-state index in [-0.39, 0.29) is 5.02 Å². The van der Waals surface area contributed by atoms with Crippen LogP contribution in [0.2, 0.25) is 5.02 Å². The number of hydrogen-bond donors (Lipinski definition) is 1. The van der Waals surface area contributed by atoms with Gasteiger partial charge >= 0.3 is 0 Å². The van der Waals surface area contributed by atoms with Gasteiger partial charge in [0.15, 0.2) is 0 Å². The van der Waals surface area contributed by atoms with Crippen LogP contribution in [0, 0.1) is 5.82 Å². The Labute approximate surface area is 87.8 Å². The molecule has 1 unspecified atom stereocenters. The van der Waals surface area contributed by atoms with Crippen LogP contribution in [0.25, 0.3) is 6.08 Å². The predicted molar refractivity (Wildman–Crippen MR) is 56.7 cm³/mol. The Morgan fingerprint density at radius 1 is 1.57 bits per heavy atom. The van der Waals surface area contributed by atoms with Crippen molar-refractivity contribution < 1.29 is 9.50 Å². The van der Waals surface area contributed by atoms with Crippen molar-refractivity contribution in [2.75, 3.05) is 0 Å². The van der Waals surface area contributed by atoms with Gasteiger partial charge in [0.1, 0.15) is 5.82 Å². The summed E-state index contributed by atoms with van der Waals surface area (Å²) in [7, 11) is 0. The lowest BCUT2D eigenvalue weighted by Gasteiger charge is -2.05. The van der Waals surface area contributed by atoms with Crippen LogP contribution in [0.4, 0.5) is 4.39 Å². The van der Waals surface area contributed by atoms with Gasteiger partial charge in [-0.05, 0) is 25.5 Å². The fraction of sp³-hybridized carbons (Fsp3) is 0.273. The maximum absolute atomic E-state index is 13.4. The number of hydrogen-bond acceptors (Lipinski definition) is 1. The van der Waals surface area contributed by atoms with Gasteiger partial charge in [0.05, 0.1) is 11.1 Å². The zero-order valence-corrected chi connectivity index (χ0v) is 8.85. The summed E-state index contributed by atoms with van der Waals surface area (Å²) in [6, 6.07) is 4.78. The smallest absolute Gasteiger partial charge is 0.148 e. The van der Waals surface area contributed by atoms with Crippen molar-refractivity contribution in [1.29, 1.82) is 0 Å². The highest BCUT2D eigenvalue weighted by Gasteiger charge is 2.05. The Bertz CT molecular complexity index is 358. The monoisotopic (exact) mass is 214 g/mol. The molecule has 0 bridgehead atoms. The van der Waals surface area contributed by atoms with Crippen LogP contribution >= 0.6 is 11.6 Å². The molecule has 0 aliphatic carbocycles. The van der Waals surface area contributed by atoms with E-state index in [1.54, 1.807) is 32.1 Å². The van der Waals surface area contributed by atoms with Crippen LogP contribution in [0.3, 0.4) is 0 Å². The molecule has 0 fully saturated rings. The molecule has 1 aromatic rings. The summed E-state index contributed by atoms with van der Waals surface area (Å²) in [6.45, 7) is 3.37. The van der Waals surface area contributed by atoms with Crippen molar-refractivity contribution in [3.8, 4) is 0 Å². The first-order valence-corrected chi connectivity index (χ1v) is 4.70. The molecule has 3 heteroatoms. The van der Waals surface area contributed by atoms with Gasteiger partial charge in [-0.3, -0.25) is 0 Å². The predicted octanol–water partition coefficient (Wildman–Crippen LogP) is 3.26. The van der Waals surface area contributed by atoms with Gasteiger partial charge in [-0.15, -0.1) is 0 Å². The zero-order chi connectivity index (χ0) is 10.7. The van der Waals surface area contributed by atoms with Crippen LogP contribution in [0.15, 0.2) is 23.8 Å². The number of benzene rings is 1. The van der Waals surface area contributed by atoms with Gasteiger partial charge in [-0.25, -0.2) is 4.39 Å². The molecule has 0 amide bonds. The van der Waals surface area contributed by atoms with Crippen molar-refractivity contribution in [2.45, 2.75) is 20.0 Å². The summed E-state index contributed by atoms with van der Waals surface area (Å²) >= 11 is 5.61. The van der Waals surface area contributed by atoms with E-state index in [1.165, 1.54) is 6.07 Å². The van der Waals surface area contributed by atoms with E-state index in [2.05, 4.69) is 0 Å². The summed E-state index contributed by atoms with van der Waals surface area (Å²) in [4.78, 5) is 0. The quantitative estimate of drug-likeness (QED) is 0.801. The van der Waals surface area contributed by atoms with E-state index in [0.717, 1.165) is 0 Å². The van der Waals surface area contributed by atoms with Gasteiger partial charge in [0.25, 0.3) is 0 Å². The summed E-state index contributed by atoms with van der Waals surface area (Å²) in [5.74, 6) is -0.450. The first-order valence-electron chi connectivity index (χ1n) is 4.32. The van der Waals surface area contributed by atoms with Crippen molar-refractivity contribution in [3.63, 3.8) is 0 Å². The summed E-state index contributed by atoms with van der Waals surface area (Å²) in [5, 5.41) is 9.31. The second-order valence-corrected chi connectivity index (χ2v) is 3.61. The van der Waals surface area contributed by atoms with Gasteiger partial charge < -0.3 is 5.11 Å². The van der Waals surface area contributed by atoms with Crippen molar-refractivity contribution >= 4 is 17.7 Å². The van der Waals surface area contributed by atoms with E-state index in [1.807, 2.05) is 0 Å². The van der Waals surface area contributed by atoms with Crippen LogP contribution in [0.5, 0.6) is 0 Å². The average Bonchev–Trinajstić information content (AvgIpc) is 2.12. The SMILES string of the molecule is C/C(=C\c1cccc(Cl)c1F)C(C)O. The molecular formula is C11H12ClFO. The molecule has 76 valence electrons. The normalized spacial score (nSPS) is 14.2. The Kier molecular flexibility index (Phi) is 3.67. The molecule has 1 atom stereocenters. The minimum atomic E-state index is -0.576. The summed E-state index contributed by atoms with van der Waals surface area (Å²) in [5.41, 5.74) is 1.10. The van der Waals surface area contributed by atoms with Crippen LogP contribution < -0.4 is 0 Å². The fourth-order valence-electron chi connectivity index (χ4n) is 0.998. The van der Waals surface area contributed by atoms with E-state index in [9.17, 15) is 9.50 Å². The van der Waals surface area contributed by atoms with Gasteiger partial charge in [0.2, 0.25) is 0 Å². The number of aliphatic hydroxyl groups is 1. The van der Waals surface area contributed by atoms with E-state index in [4.69, 9.17) is 11.6 Å². The number of rotatable bonds is 2. The van der Waals surface area contributed by atoms with Gasteiger partial charge in [0, 0.05) is 5.56 Å². The lowest BCUT2D eigenvalue weighted by atomic mass is 10.1. The third-order valence-corrected chi connectivity index (χ3v) is 2.32. The highest BCUT2D eigenvalue weighted by molar-refractivity contribution is 6.30. The largest absolute Gasteiger partial charge is 0.389 e. The van der Waals surface area contributed by atoms with Gasteiger partial charge in [-0.1, -0.05) is 29.8 Å². The lowest BCUT2D eigenvalue weighted by Crippen LogP contribution is -2.00. The maximum atomic E-state index is 13.4. The molecule has 14 heavy (non-hydrogen) atoms. The highest BCUT2D eigenvalue weighted by Crippen LogP contribution is 2.20. The van der Waals surface area contributed by atoms with Crippen LogP contribution in [-0.4, -0.2) is 11.2 Å². The number of halogens is 2. The second kappa shape index (κ2) is 4.58. The molecular weight excluding hydrogens is 203 g/mol. The third kappa shape index (κ3) is 2.56. The topological polar surface area (TPSA) is 20.2 Å². The average molecular weight is 215 g/mol. The lowest BCUT2D eigenvalue weighted by molar-refractivity contribution is 0.232. The summed E-state index contributed by atoms with van der Waals surface area (Å²) in [6.07, 6.45) is 1.01.